The normalized spacial score (nSPS) is 10.6. The van der Waals surface area contributed by atoms with Crippen LogP contribution in [0.25, 0.3) is 0 Å². The van der Waals surface area contributed by atoms with Crippen molar-refractivity contribution in [3.63, 3.8) is 0 Å². The standard InChI is InChI=1S/C9H9BrN4O2S2/c1-16-8(15)3-14-9(11-12-13-14)18-5-6-2-7(10)17-4-6/h2,4H,3,5H2,1H3. The minimum Gasteiger partial charge on any atom is -0.468 e. The second-order valence-electron chi connectivity index (χ2n) is 3.24. The molecule has 18 heavy (non-hydrogen) atoms. The van der Waals surface area contributed by atoms with Gasteiger partial charge in [0.05, 0.1) is 10.9 Å². The number of thioether (sulfide) groups is 1. The highest BCUT2D eigenvalue weighted by Gasteiger charge is 2.11. The van der Waals surface area contributed by atoms with E-state index in [0.717, 1.165) is 9.54 Å². The summed E-state index contributed by atoms with van der Waals surface area (Å²) >= 11 is 6.52. The Hall–Kier alpha value is -0.930. The van der Waals surface area contributed by atoms with Crippen LogP contribution in [0.5, 0.6) is 0 Å². The second kappa shape index (κ2) is 6.30. The maximum atomic E-state index is 11.2. The number of ether oxygens (including phenoxy) is 1. The molecule has 0 atom stereocenters. The van der Waals surface area contributed by atoms with Gasteiger partial charge in [0.1, 0.15) is 6.54 Å². The fourth-order valence-electron chi connectivity index (χ4n) is 1.16. The number of hydrogen-bond donors (Lipinski definition) is 0. The molecule has 0 N–H and O–H groups in total. The Labute approximate surface area is 120 Å². The van der Waals surface area contributed by atoms with Gasteiger partial charge in [-0.2, -0.15) is 0 Å². The summed E-state index contributed by atoms with van der Waals surface area (Å²) in [7, 11) is 1.34. The molecule has 0 bridgehead atoms. The molecule has 0 radical (unpaired) electrons. The molecule has 2 aromatic rings. The van der Waals surface area contributed by atoms with Crippen LogP contribution in [0.4, 0.5) is 0 Å². The second-order valence-corrected chi connectivity index (χ2v) is 6.48. The summed E-state index contributed by atoms with van der Waals surface area (Å²) in [6, 6.07) is 2.05. The number of carbonyl (C=O) groups excluding carboxylic acids is 1. The molecule has 0 fully saturated rings. The Kier molecular flexibility index (Phi) is 4.72. The molecular weight excluding hydrogens is 340 g/mol. The maximum absolute atomic E-state index is 11.2. The molecule has 6 nitrogen and oxygen atoms in total. The van der Waals surface area contributed by atoms with Gasteiger partial charge in [0.2, 0.25) is 5.16 Å². The van der Waals surface area contributed by atoms with Crippen molar-refractivity contribution >= 4 is 45.0 Å². The molecule has 0 saturated carbocycles. The molecule has 96 valence electrons. The zero-order valence-electron chi connectivity index (χ0n) is 9.37. The summed E-state index contributed by atoms with van der Waals surface area (Å²) in [5.74, 6) is 0.381. The third-order valence-corrected chi connectivity index (χ3v) is 4.58. The highest BCUT2D eigenvalue weighted by molar-refractivity contribution is 9.11. The molecule has 0 unspecified atom stereocenters. The fourth-order valence-corrected chi connectivity index (χ4v) is 3.28. The third kappa shape index (κ3) is 3.53. The number of esters is 1. The Morgan fingerprint density at radius 1 is 1.67 bits per heavy atom. The number of methoxy groups -OCH3 is 1. The number of rotatable bonds is 5. The summed E-state index contributed by atoms with van der Waals surface area (Å²) in [4.78, 5) is 11.2. The summed E-state index contributed by atoms with van der Waals surface area (Å²) < 4.78 is 7.09. The molecule has 0 aliphatic rings. The van der Waals surface area contributed by atoms with Crippen LogP contribution in [0.1, 0.15) is 5.56 Å². The van der Waals surface area contributed by atoms with Gasteiger partial charge in [-0.05, 0) is 43.4 Å². The zero-order valence-corrected chi connectivity index (χ0v) is 12.6. The lowest BCUT2D eigenvalue weighted by molar-refractivity contribution is -0.141. The van der Waals surface area contributed by atoms with Crippen molar-refractivity contribution in [1.82, 2.24) is 20.2 Å². The van der Waals surface area contributed by atoms with Crippen molar-refractivity contribution in [2.45, 2.75) is 17.5 Å². The Bertz CT molecular complexity index is 542. The van der Waals surface area contributed by atoms with Crippen LogP contribution in [-0.2, 0) is 21.8 Å². The van der Waals surface area contributed by atoms with Gasteiger partial charge in [-0.15, -0.1) is 16.4 Å². The van der Waals surface area contributed by atoms with Crippen LogP contribution in [-0.4, -0.2) is 33.3 Å². The number of thiophene rings is 1. The fraction of sp³-hybridized carbons (Fsp3) is 0.333. The summed E-state index contributed by atoms with van der Waals surface area (Å²) in [5.41, 5.74) is 1.18. The molecule has 9 heteroatoms. The van der Waals surface area contributed by atoms with E-state index in [1.807, 2.05) is 6.07 Å². The van der Waals surface area contributed by atoms with E-state index < -0.39 is 0 Å². The van der Waals surface area contributed by atoms with Crippen LogP contribution in [0.3, 0.4) is 0 Å². The highest BCUT2D eigenvalue weighted by atomic mass is 79.9. The maximum Gasteiger partial charge on any atom is 0.327 e. The van der Waals surface area contributed by atoms with Crippen LogP contribution >= 0.6 is 39.0 Å². The van der Waals surface area contributed by atoms with E-state index in [9.17, 15) is 4.79 Å². The first kappa shape index (κ1) is 13.5. The van der Waals surface area contributed by atoms with Crippen molar-refractivity contribution in [3.05, 3.63) is 20.8 Å². The molecule has 2 aromatic heterocycles. The lowest BCUT2D eigenvalue weighted by atomic mass is 10.4. The van der Waals surface area contributed by atoms with E-state index in [-0.39, 0.29) is 12.5 Å². The minimum absolute atomic E-state index is 0.0269. The van der Waals surface area contributed by atoms with Crippen molar-refractivity contribution < 1.29 is 9.53 Å². The number of hydrogen-bond acceptors (Lipinski definition) is 7. The lowest BCUT2D eigenvalue weighted by Crippen LogP contribution is -2.13. The summed E-state index contributed by atoms with van der Waals surface area (Å²) in [5, 5.41) is 13.8. The van der Waals surface area contributed by atoms with Gasteiger partial charge in [0.25, 0.3) is 0 Å². The first-order valence-corrected chi connectivity index (χ1v) is 7.53. The van der Waals surface area contributed by atoms with E-state index >= 15 is 0 Å². The Balaban J connectivity index is 1.97. The smallest absolute Gasteiger partial charge is 0.327 e. The SMILES string of the molecule is COC(=O)Cn1nnnc1SCc1csc(Br)c1. The van der Waals surface area contributed by atoms with Crippen LogP contribution in [0.15, 0.2) is 20.4 Å². The van der Waals surface area contributed by atoms with Crippen molar-refractivity contribution in [1.29, 1.82) is 0 Å². The minimum atomic E-state index is -0.373. The topological polar surface area (TPSA) is 69.9 Å². The number of tetrazole rings is 1. The highest BCUT2D eigenvalue weighted by Crippen LogP contribution is 2.26. The number of aromatic nitrogens is 4. The first-order chi connectivity index (χ1) is 8.69. The van der Waals surface area contributed by atoms with E-state index in [4.69, 9.17) is 0 Å². The van der Waals surface area contributed by atoms with Gasteiger partial charge in [-0.1, -0.05) is 11.8 Å². The van der Waals surface area contributed by atoms with E-state index in [1.54, 1.807) is 11.3 Å². The van der Waals surface area contributed by atoms with Gasteiger partial charge in [0.15, 0.2) is 0 Å². The van der Waals surface area contributed by atoms with Gasteiger partial charge in [-0.25, -0.2) is 4.68 Å². The summed E-state index contributed by atoms with van der Waals surface area (Å²) in [6.45, 7) is 0.0269. The van der Waals surface area contributed by atoms with Crippen LogP contribution in [0.2, 0.25) is 0 Å². The van der Waals surface area contributed by atoms with E-state index in [0.29, 0.717) is 5.16 Å². The molecule has 0 spiro atoms. The Morgan fingerprint density at radius 3 is 3.17 bits per heavy atom. The van der Waals surface area contributed by atoms with E-state index in [1.165, 1.54) is 29.1 Å². The van der Waals surface area contributed by atoms with Gasteiger partial charge >= 0.3 is 5.97 Å². The number of halogens is 1. The third-order valence-electron chi connectivity index (χ3n) is 2.00. The molecule has 2 heterocycles. The van der Waals surface area contributed by atoms with Crippen molar-refractivity contribution in [3.8, 4) is 0 Å². The zero-order chi connectivity index (χ0) is 13.0. The molecule has 0 saturated heterocycles. The van der Waals surface area contributed by atoms with Gasteiger partial charge in [-0.3, -0.25) is 4.79 Å². The average molecular weight is 349 g/mol. The molecule has 2 rings (SSSR count). The molecule has 0 amide bonds. The average Bonchev–Trinajstić information content (AvgIpc) is 2.96. The molecular formula is C9H9BrN4O2S2. The van der Waals surface area contributed by atoms with E-state index in [2.05, 4.69) is 41.6 Å². The molecule has 0 aliphatic heterocycles. The number of carbonyl (C=O) groups is 1. The van der Waals surface area contributed by atoms with Crippen molar-refractivity contribution in [2.24, 2.45) is 0 Å². The largest absolute Gasteiger partial charge is 0.468 e. The van der Waals surface area contributed by atoms with Gasteiger partial charge in [0, 0.05) is 5.75 Å². The summed E-state index contributed by atoms with van der Waals surface area (Å²) in [6.07, 6.45) is 0. The van der Waals surface area contributed by atoms with Crippen LogP contribution in [0, 0.1) is 0 Å². The first-order valence-electron chi connectivity index (χ1n) is 4.87. The molecule has 0 aliphatic carbocycles. The quantitative estimate of drug-likeness (QED) is 0.607. The van der Waals surface area contributed by atoms with Crippen LogP contribution < -0.4 is 0 Å². The lowest BCUT2D eigenvalue weighted by Gasteiger charge is -2.01. The van der Waals surface area contributed by atoms with Gasteiger partial charge < -0.3 is 4.74 Å². The number of nitrogens with zero attached hydrogens (tertiary/aromatic N) is 4. The monoisotopic (exact) mass is 348 g/mol. The molecule has 0 aromatic carbocycles. The Morgan fingerprint density at radius 2 is 2.50 bits per heavy atom. The van der Waals surface area contributed by atoms with Crippen molar-refractivity contribution in [2.75, 3.05) is 7.11 Å². The predicted molar refractivity (Wildman–Crippen MR) is 71.4 cm³/mol. The predicted octanol–water partition coefficient (Wildman–Crippen LogP) is 1.96.